The first-order chi connectivity index (χ1) is 11.9. The Morgan fingerprint density at radius 3 is 2.36 bits per heavy atom. The summed E-state index contributed by atoms with van der Waals surface area (Å²) in [6.45, 7) is 5.21. The number of ketones is 1. The van der Waals surface area contributed by atoms with E-state index in [4.69, 9.17) is 14.5 Å². The molecule has 5 heteroatoms. The Balaban J connectivity index is 1.79. The highest BCUT2D eigenvalue weighted by Crippen LogP contribution is 2.57. The van der Waals surface area contributed by atoms with E-state index in [-0.39, 0.29) is 23.1 Å². The number of hydrogen-bond acceptors (Lipinski definition) is 5. The number of rotatable bonds is 1. The van der Waals surface area contributed by atoms with Crippen molar-refractivity contribution >= 4 is 11.8 Å². The summed E-state index contributed by atoms with van der Waals surface area (Å²) in [5.41, 5.74) is 3.26. The molecule has 3 heterocycles. The topological polar surface area (TPSA) is 65.5 Å². The fraction of sp³-hybridized carbons (Fsp3) is 0.650. The van der Waals surface area contributed by atoms with Crippen LogP contribution in [0, 0.1) is 5.41 Å². The second-order valence-electron chi connectivity index (χ2n) is 8.50. The molecule has 5 rings (SSSR count). The zero-order valence-corrected chi connectivity index (χ0v) is 14.8. The molecule has 5 nitrogen and oxygen atoms in total. The maximum absolute atomic E-state index is 13.1. The Hall–Kier alpha value is -1.75. The molecule has 25 heavy (non-hydrogen) atoms. The number of nitrogens with zero attached hydrogens (tertiary/aromatic N) is 1. The highest BCUT2D eigenvalue weighted by Gasteiger charge is 2.55. The van der Waals surface area contributed by atoms with Crippen LogP contribution in [0.2, 0.25) is 0 Å². The lowest BCUT2D eigenvalue weighted by Crippen LogP contribution is -2.37. The van der Waals surface area contributed by atoms with E-state index in [1.165, 1.54) is 0 Å². The zero-order valence-electron chi connectivity index (χ0n) is 14.8. The summed E-state index contributed by atoms with van der Waals surface area (Å²) in [6, 6.07) is 0. The molecule has 1 saturated heterocycles. The van der Waals surface area contributed by atoms with Gasteiger partial charge in [0, 0.05) is 30.4 Å². The van der Waals surface area contributed by atoms with Crippen molar-refractivity contribution in [2.75, 3.05) is 13.2 Å². The third kappa shape index (κ3) is 2.08. The van der Waals surface area contributed by atoms with Crippen molar-refractivity contribution in [3.63, 3.8) is 0 Å². The van der Waals surface area contributed by atoms with E-state index >= 15 is 0 Å². The van der Waals surface area contributed by atoms with Crippen LogP contribution < -0.4 is 0 Å². The molecule has 0 amide bonds. The fourth-order valence-corrected chi connectivity index (χ4v) is 4.87. The summed E-state index contributed by atoms with van der Waals surface area (Å²) >= 11 is 0. The number of ether oxygens (including phenoxy) is 2. The number of carbonyl (C=O) groups excluding carboxylic acids is 2. The lowest BCUT2D eigenvalue weighted by molar-refractivity contribution is -0.0738. The maximum atomic E-state index is 13.1. The van der Waals surface area contributed by atoms with Crippen LogP contribution in [0.25, 0.3) is 0 Å². The van der Waals surface area contributed by atoms with Crippen LogP contribution in [0.3, 0.4) is 0 Å². The highest BCUT2D eigenvalue weighted by molar-refractivity contribution is 6.06. The van der Waals surface area contributed by atoms with Crippen molar-refractivity contribution < 1.29 is 19.1 Å². The first-order valence-electron chi connectivity index (χ1n) is 9.36. The lowest BCUT2D eigenvalue weighted by atomic mass is 9.74. The Morgan fingerprint density at radius 1 is 1.00 bits per heavy atom. The number of esters is 1. The van der Waals surface area contributed by atoms with Crippen molar-refractivity contribution in [2.24, 2.45) is 5.41 Å². The molecule has 1 aromatic rings. The van der Waals surface area contributed by atoms with Gasteiger partial charge in [0.2, 0.25) is 0 Å². The van der Waals surface area contributed by atoms with Crippen molar-refractivity contribution in [3.05, 3.63) is 28.1 Å². The van der Waals surface area contributed by atoms with Gasteiger partial charge in [-0.05, 0) is 30.6 Å². The van der Waals surface area contributed by atoms with Crippen LogP contribution in [0.15, 0.2) is 0 Å². The quantitative estimate of drug-likeness (QED) is 0.733. The minimum absolute atomic E-state index is 0.119. The fourth-order valence-electron chi connectivity index (χ4n) is 4.87. The number of pyridine rings is 1. The third-order valence-corrected chi connectivity index (χ3v) is 6.41. The normalized spacial score (nSPS) is 25.2. The van der Waals surface area contributed by atoms with E-state index in [0.29, 0.717) is 43.6 Å². The second-order valence-corrected chi connectivity index (χ2v) is 8.50. The highest BCUT2D eigenvalue weighted by atomic mass is 16.6. The smallest absolute Gasteiger partial charge is 0.341 e. The minimum Gasteiger partial charge on any atom is -0.450 e. The molecule has 2 fully saturated rings. The summed E-state index contributed by atoms with van der Waals surface area (Å²) in [5.74, 6) is -0.0360. The molecule has 1 saturated carbocycles. The number of hydrogen-bond donors (Lipinski definition) is 0. The number of Topliss-reactive ketones (excluding diaryl/α,β-unsaturated/α-hetero) is 1. The van der Waals surface area contributed by atoms with Crippen molar-refractivity contribution in [3.8, 4) is 0 Å². The van der Waals surface area contributed by atoms with Crippen molar-refractivity contribution in [1.82, 2.24) is 4.98 Å². The average Bonchev–Trinajstić information content (AvgIpc) is 3.25. The predicted octanol–water partition coefficient (Wildman–Crippen LogP) is 3.29. The molecule has 0 aromatic carbocycles. The summed E-state index contributed by atoms with van der Waals surface area (Å²) in [6.07, 6.45) is 4.93. The molecule has 132 valence electrons. The molecule has 0 N–H and O–H groups in total. The van der Waals surface area contributed by atoms with E-state index in [0.717, 1.165) is 36.2 Å². The van der Waals surface area contributed by atoms with Gasteiger partial charge in [-0.15, -0.1) is 0 Å². The summed E-state index contributed by atoms with van der Waals surface area (Å²) in [4.78, 5) is 30.7. The molecule has 2 aliphatic carbocycles. The van der Waals surface area contributed by atoms with Gasteiger partial charge in [0.05, 0.1) is 30.2 Å². The van der Waals surface area contributed by atoms with Gasteiger partial charge < -0.3 is 9.47 Å². The van der Waals surface area contributed by atoms with E-state index in [1.807, 2.05) is 0 Å². The van der Waals surface area contributed by atoms with Crippen molar-refractivity contribution in [1.29, 1.82) is 0 Å². The molecule has 0 radical (unpaired) electrons. The molecule has 0 bridgehead atoms. The predicted molar refractivity (Wildman–Crippen MR) is 89.8 cm³/mol. The van der Waals surface area contributed by atoms with Crippen LogP contribution in [0.4, 0.5) is 0 Å². The monoisotopic (exact) mass is 341 g/mol. The SMILES string of the molecule is CC(C)c1nc2c(c3c1C(=O)OC31CCOCC1)C(=O)CC1(CC1)C2. The van der Waals surface area contributed by atoms with E-state index < -0.39 is 5.60 Å². The molecule has 1 aromatic heterocycles. The molecule has 2 spiro atoms. The minimum atomic E-state index is -0.689. The standard InChI is InChI=1S/C20H23NO4/c1-11(2)17-15-16(20(25-18(15)23)5-7-24-8-6-20)14-12(21-17)9-19(3-4-19)10-13(14)22/h11H,3-10H2,1-2H3. The average molecular weight is 341 g/mol. The van der Waals surface area contributed by atoms with Crippen LogP contribution >= 0.6 is 0 Å². The molecular formula is C20H23NO4. The molecule has 4 aliphatic rings. The van der Waals surface area contributed by atoms with E-state index in [1.54, 1.807) is 0 Å². The largest absolute Gasteiger partial charge is 0.450 e. The van der Waals surface area contributed by atoms with Crippen LogP contribution in [0.5, 0.6) is 0 Å². The van der Waals surface area contributed by atoms with Gasteiger partial charge in [0.25, 0.3) is 0 Å². The molecule has 2 aliphatic heterocycles. The maximum Gasteiger partial charge on any atom is 0.341 e. The molecule has 0 unspecified atom stereocenters. The Labute approximate surface area is 147 Å². The summed E-state index contributed by atoms with van der Waals surface area (Å²) in [5, 5.41) is 0. The van der Waals surface area contributed by atoms with Gasteiger partial charge in [0.15, 0.2) is 5.78 Å². The summed E-state index contributed by atoms with van der Waals surface area (Å²) in [7, 11) is 0. The second kappa shape index (κ2) is 4.91. The number of carbonyl (C=O) groups is 2. The summed E-state index contributed by atoms with van der Waals surface area (Å²) < 4.78 is 11.4. The van der Waals surface area contributed by atoms with Gasteiger partial charge >= 0.3 is 5.97 Å². The van der Waals surface area contributed by atoms with Gasteiger partial charge in [-0.1, -0.05) is 13.8 Å². The Bertz CT molecular complexity index is 800. The van der Waals surface area contributed by atoms with Crippen LogP contribution in [-0.4, -0.2) is 30.0 Å². The first kappa shape index (κ1) is 15.5. The number of fused-ring (bicyclic) bond motifs is 4. The lowest BCUT2D eigenvalue weighted by Gasteiger charge is -2.35. The molecule has 0 atom stereocenters. The van der Waals surface area contributed by atoms with Crippen LogP contribution in [0.1, 0.15) is 89.5 Å². The van der Waals surface area contributed by atoms with Gasteiger partial charge in [-0.2, -0.15) is 0 Å². The van der Waals surface area contributed by atoms with E-state index in [9.17, 15) is 9.59 Å². The van der Waals surface area contributed by atoms with Gasteiger partial charge in [0.1, 0.15) is 5.60 Å². The van der Waals surface area contributed by atoms with Gasteiger partial charge in [-0.25, -0.2) is 4.79 Å². The van der Waals surface area contributed by atoms with E-state index in [2.05, 4.69) is 13.8 Å². The van der Waals surface area contributed by atoms with Gasteiger partial charge in [-0.3, -0.25) is 9.78 Å². The Kier molecular flexibility index (Phi) is 3.04. The third-order valence-electron chi connectivity index (χ3n) is 6.41. The first-order valence-corrected chi connectivity index (χ1v) is 9.36. The Morgan fingerprint density at radius 2 is 1.72 bits per heavy atom. The van der Waals surface area contributed by atoms with Crippen molar-refractivity contribution in [2.45, 2.75) is 63.9 Å². The zero-order chi connectivity index (χ0) is 17.4. The van der Waals surface area contributed by atoms with Crippen LogP contribution in [-0.2, 0) is 21.5 Å². The number of aromatic nitrogens is 1. The molecular weight excluding hydrogens is 318 g/mol.